The standard InChI is InChI=1S/C25H34ClN3O2/c1-8-17(2)29(24(31)25(3,4)5)16-18-15-19(13-14-22(18)28(6)7)27-23(30)20-11-9-10-12-21(20)26/h9-15,17H,8,16H2,1-7H3,(H,27,30)/t17-/m1/s1. The zero-order chi connectivity index (χ0) is 23.3. The maximum absolute atomic E-state index is 13.2. The number of carbonyl (C=O) groups is 2. The van der Waals surface area contributed by atoms with Gasteiger partial charge in [0.15, 0.2) is 0 Å². The van der Waals surface area contributed by atoms with Crippen molar-refractivity contribution in [3.63, 3.8) is 0 Å². The highest BCUT2D eigenvalue weighted by atomic mass is 35.5. The molecule has 1 N–H and O–H groups in total. The van der Waals surface area contributed by atoms with Crippen molar-refractivity contribution in [1.29, 1.82) is 0 Å². The van der Waals surface area contributed by atoms with Crippen LogP contribution in [0.2, 0.25) is 5.02 Å². The van der Waals surface area contributed by atoms with Crippen LogP contribution in [0.4, 0.5) is 11.4 Å². The van der Waals surface area contributed by atoms with Gasteiger partial charge in [-0.1, -0.05) is 51.4 Å². The van der Waals surface area contributed by atoms with Gasteiger partial charge in [0.1, 0.15) is 0 Å². The number of nitrogens with zero attached hydrogens (tertiary/aromatic N) is 2. The molecule has 2 amide bonds. The normalized spacial score (nSPS) is 12.3. The Morgan fingerprint density at radius 3 is 2.29 bits per heavy atom. The molecule has 168 valence electrons. The lowest BCUT2D eigenvalue weighted by atomic mass is 9.93. The number of halogens is 1. The lowest BCUT2D eigenvalue weighted by molar-refractivity contribution is -0.142. The van der Waals surface area contributed by atoms with E-state index in [4.69, 9.17) is 11.6 Å². The number of hydrogen-bond donors (Lipinski definition) is 1. The third-order valence-electron chi connectivity index (χ3n) is 5.30. The third-order valence-corrected chi connectivity index (χ3v) is 5.63. The van der Waals surface area contributed by atoms with E-state index < -0.39 is 5.41 Å². The van der Waals surface area contributed by atoms with Crippen LogP contribution in [0.1, 0.15) is 57.0 Å². The Hall–Kier alpha value is -2.53. The van der Waals surface area contributed by atoms with Crippen LogP contribution in [0.3, 0.4) is 0 Å². The SMILES string of the molecule is CC[C@@H](C)N(Cc1cc(NC(=O)c2ccccc2Cl)ccc1N(C)C)C(=O)C(C)(C)C. The van der Waals surface area contributed by atoms with E-state index in [-0.39, 0.29) is 17.9 Å². The number of carbonyl (C=O) groups excluding carboxylic acids is 2. The van der Waals surface area contributed by atoms with Gasteiger partial charge in [0, 0.05) is 43.5 Å². The van der Waals surface area contributed by atoms with Crippen LogP contribution in [0, 0.1) is 5.41 Å². The van der Waals surface area contributed by atoms with Crippen molar-refractivity contribution in [2.45, 2.75) is 53.6 Å². The summed E-state index contributed by atoms with van der Waals surface area (Å²) in [5.74, 6) is -0.157. The molecule has 0 unspecified atom stereocenters. The average molecular weight is 444 g/mol. The van der Waals surface area contributed by atoms with Crippen molar-refractivity contribution in [3.8, 4) is 0 Å². The Morgan fingerprint density at radius 1 is 1.10 bits per heavy atom. The summed E-state index contributed by atoms with van der Waals surface area (Å²) in [6.07, 6.45) is 0.863. The minimum absolute atomic E-state index is 0.100. The highest BCUT2D eigenvalue weighted by Crippen LogP contribution is 2.29. The molecular formula is C25H34ClN3O2. The van der Waals surface area contributed by atoms with Crippen molar-refractivity contribution in [1.82, 2.24) is 4.90 Å². The topological polar surface area (TPSA) is 52.7 Å². The Kier molecular flexibility index (Phi) is 8.13. The van der Waals surface area contributed by atoms with Crippen molar-refractivity contribution in [3.05, 3.63) is 58.6 Å². The fraction of sp³-hybridized carbons (Fsp3) is 0.440. The molecule has 0 aliphatic rings. The molecule has 0 saturated carbocycles. The van der Waals surface area contributed by atoms with Crippen LogP contribution < -0.4 is 10.2 Å². The zero-order valence-corrected chi connectivity index (χ0v) is 20.4. The predicted octanol–water partition coefficient (Wildman–Crippen LogP) is 5.83. The Bertz CT molecular complexity index is 935. The predicted molar refractivity (Wildman–Crippen MR) is 130 cm³/mol. The second-order valence-corrected chi connectivity index (χ2v) is 9.52. The first-order valence-corrected chi connectivity index (χ1v) is 11.0. The maximum atomic E-state index is 13.2. The second kappa shape index (κ2) is 10.2. The molecular weight excluding hydrogens is 410 g/mol. The van der Waals surface area contributed by atoms with Crippen LogP contribution in [0.15, 0.2) is 42.5 Å². The van der Waals surface area contributed by atoms with E-state index in [1.807, 2.05) is 62.9 Å². The molecule has 6 heteroatoms. The fourth-order valence-corrected chi connectivity index (χ4v) is 3.55. The summed E-state index contributed by atoms with van der Waals surface area (Å²) in [7, 11) is 3.94. The van der Waals surface area contributed by atoms with Crippen LogP contribution in [-0.4, -0.2) is 36.9 Å². The van der Waals surface area contributed by atoms with Crippen molar-refractivity contribution in [2.24, 2.45) is 5.41 Å². The number of nitrogens with one attached hydrogen (secondary N) is 1. The van der Waals surface area contributed by atoms with E-state index >= 15 is 0 Å². The molecule has 31 heavy (non-hydrogen) atoms. The number of benzene rings is 2. The van der Waals surface area contributed by atoms with Gasteiger partial charge in [-0.15, -0.1) is 0 Å². The van der Waals surface area contributed by atoms with Gasteiger partial charge in [-0.2, -0.15) is 0 Å². The van der Waals surface area contributed by atoms with E-state index in [9.17, 15) is 9.59 Å². The molecule has 0 fully saturated rings. The minimum atomic E-state index is -0.475. The third kappa shape index (κ3) is 6.23. The monoisotopic (exact) mass is 443 g/mol. The summed E-state index contributed by atoms with van der Waals surface area (Å²) in [6.45, 7) is 10.4. The van der Waals surface area contributed by atoms with Crippen molar-refractivity contribution >= 4 is 34.8 Å². The second-order valence-electron chi connectivity index (χ2n) is 9.11. The molecule has 0 spiro atoms. The molecule has 0 radical (unpaired) electrons. The maximum Gasteiger partial charge on any atom is 0.257 e. The van der Waals surface area contributed by atoms with Gasteiger partial charge < -0.3 is 15.1 Å². The molecule has 0 bridgehead atoms. The van der Waals surface area contributed by atoms with Gasteiger partial charge in [-0.05, 0) is 49.2 Å². The molecule has 0 heterocycles. The van der Waals surface area contributed by atoms with Gasteiger partial charge >= 0.3 is 0 Å². The summed E-state index contributed by atoms with van der Waals surface area (Å²) in [6, 6.07) is 12.8. The van der Waals surface area contributed by atoms with Crippen LogP contribution in [-0.2, 0) is 11.3 Å². The zero-order valence-electron chi connectivity index (χ0n) is 19.6. The van der Waals surface area contributed by atoms with Gasteiger partial charge in [0.25, 0.3) is 5.91 Å². The van der Waals surface area contributed by atoms with Gasteiger partial charge in [-0.3, -0.25) is 9.59 Å². The highest BCUT2D eigenvalue weighted by molar-refractivity contribution is 6.34. The molecule has 1 atom stereocenters. The smallest absolute Gasteiger partial charge is 0.257 e. The molecule has 0 aliphatic heterocycles. The van der Waals surface area contributed by atoms with Crippen molar-refractivity contribution < 1.29 is 9.59 Å². The van der Waals surface area contributed by atoms with E-state index in [2.05, 4.69) is 19.2 Å². The molecule has 0 aliphatic carbocycles. The van der Waals surface area contributed by atoms with Gasteiger partial charge in [0.05, 0.1) is 10.6 Å². The first-order chi connectivity index (χ1) is 14.5. The quantitative estimate of drug-likeness (QED) is 0.585. The average Bonchev–Trinajstić information content (AvgIpc) is 2.70. The first-order valence-electron chi connectivity index (χ1n) is 10.6. The molecule has 2 aromatic rings. The molecule has 0 saturated heterocycles. The van der Waals surface area contributed by atoms with Crippen LogP contribution in [0.5, 0.6) is 0 Å². The summed E-state index contributed by atoms with van der Waals surface area (Å²) in [5, 5.41) is 3.34. The van der Waals surface area contributed by atoms with E-state index in [1.54, 1.807) is 24.3 Å². The van der Waals surface area contributed by atoms with Crippen LogP contribution in [0.25, 0.3) is 0 Å². The molecule has 0 aromatic heterocycles. The number of hydrogen-bond acceptors (Lipinski definition) is 3. The van der Waals surface area contributed by atoms with E-state index in [1.165, 1.54) is 0 Å². The number of rotatable bonds is 7. The van der Waals surface area contributed by atoms with Crippen LogP contribution >= 0.6 is 11.6 Å². The van der Waals surface area contributed by atoms with E-state index in [0.717, 1.165) is 17.7 Å². The Balaban J connectivity index is 2.39. The first kappa shape index (κ1) is 24.7. The lowest BCUT2D eigenvalue weighted by Crippen LogP contribution is -2.44. The summed E-state index contributed by atoms with van der Waals surface area (Å²) < 4.78 is 0. The summed E-state index contributed by atoms with van der Waals surface area (Å²) in [5.41, 5.74) is 2.59. The van der Waals surface area contributed by atoms with Crippen molar-refractivity contribution in [2.75, 3.05) is 24.3 Å². The summed E-state index contributed by atoms with van der Waals surface area (Å²) in [4.78, 5) is 29.8. The fourth-order valence-electron chi connectivity index (χ4n) is 3.33. The lowest BCUT2D eigenvalue weighted by Gasteiger charge is -2.35. The molecule has 2 aromatic carbocycles. The van der Waals surface area contributed by atoms with Gasteiger partial charge in [-0.25, -0.2) is 0 Å². The number of amides is 2. The molecule has 2 rings (SSSR count). The minimum Gasteiger partial charge on any atom is -0.377 e. The largest absolute Gasteiger partial charge is 0.377 e. The molecule has 5 nitrogen and oxygen atoms in total. The summed E-state index contributed by atoms with van der Waals surface area (Å²) >= 11 is 6.17. The Morgan fingerprint density at radius 2 is 1.74 bits per heavy atom. The van der Waals surface area contributed by atoms with E-state index in [0.29, 0.717) is 22.8 Å². The van der Waals surface area contributed by atoms with Gasteiger partial charge in [0.2, 0.25) is 5.91 Å². The highest BCUT2D eigenvalue weighted by Gasteiger charge is 2.30. The number of anilines is 2. The Labute approximate surface area is 191 Å².